The summed E-state index contributed by atoms with van der Waals surface area (Å²) < 4.78 is 0. The van der Waals surface area contributed by atoms with Gasteiger partial charge >= 0.3 is 0 Å². The minimum absolute atomic E-state index is 0.231. The molecule has 1 aliphatic heterocycles. The highest BCUT2D eigenvalue weighted by Crippen LogP contribution is 2.12. The molecule has 17 heavy (non-hydrogen) atoms. The minimum Gasteiger partial charge on any atom is -0.345 e. The molecule has 1 N–H and O–H groups in total. The quantitative estimate of drug-likeness (QED) is 0.885. The Balaban J connectivity index is 1.78. The minimum atomic E-state index is 0.231. The highest BCUT2D eigenvalue weighted by atomic mass is 32.1. The maximum absolute atomic E-state index is 12.0. The third-order valence-corrected chi connectivity index (χ3v) is 4.02. The zero-order chi connectivity index (χ0) is 12.1. The van der Waals surface area contributed by atoms with Gasteiger partial charge in [0.05, 0.1) is 6.42 Å². The molecule has 0 saturated carbocycles. The van der Waals surface area contributed by atoms with Crippen LogP contribution in [0.3, 0.4) is 0 Å². The molecule has 1 aromatic heterocycles. The Morgan fingerprint density at radius 2 is 2.53 bits per heavy atom. The fourth-order valence-electron chi connectivity index (χ4n) is 2.27. The van der Waals surface area contributed by atoms with E-state index in [1.807, 2.05) is 28.8 Å². The van der Waals surface area contributed by atoms with E-state index in [1.165, 1.54) is 12.8 Å². The van der Waals surface area contributed by atoms with Gasteiger partial charge in [0.1, 0.15) is 0 Å². The number of nitrogens with zero attached hydrogens (tertiary/aromatic N) is 1. The number of nitrogens with one attached hydrogen (secondary N) is 1. The third kappa shape index (κ3) is 3.82. The van der Waals surface area contributed by atoms with Crippen LogP contribution in [0.2, 0.25) is 0 Å². The van der Waals surface area contributed by atoms with Gasteiger partial charge in [0.25, 0.3) is 0 Å². The van der Waals surface area contributed by atoms with Crippen molar-refractivity contribution in [2.75, 3.05) is 26.7 Å². The van der Waals surface area contributed by atoms with E-state index in [-0.39, 0.29) is 5.91 Å². The maximum Gasteiger partial charge on any atom is 0.226 e. The summed E-state index contributed by atoms with van der Waals surface area (Å²) in [6.45, 7) is 3.06. The summed E-state index contributed by atoms with van der Waals surface area (Å²) in [6, 6.07) is 2.03. The predicted molar refractivity (Wildman–Crippen MR) is 71.3 cm³/mol. The fourth-order valence-corrected chi connectivity index (χ4v) is 2.94. The summed E-state index contributed by atoms with van der Waals surface area (Å²) in [4.78, 5) is 13.9. The van der Waals surface area contributed by atoms with E-state index >= 15 is 0 Å². The average Bonchev–Trinajstić information content (AvgIpc) is 2.83. The lowest BCUT2D eigenvalue weighted by molar-refractivity contribution is -0.129. The molecule has 1 saturated heterocycles. The van der Waals surface area contributed by atoms with Crippen molar-refractivity contribution < 1.29 is 4.79 Å². The molecule has 0 spiro atoms. The van der Waals surface area contributed by atoms with E-state index in [1.54, 1.807) is 11.3 Å². The van der Waals surface area contributed by atoms with Crippen LogP contribution in [-0.4, -0.2) is 37.5 Å². The van der Waals surface area contributed by atoms with E-state index in [0.717, 1.165) is 25.2 Å². The molecule has 0 bridgehead atoms. The summed E-state index contributed by atoms with van der Waals surface area (Å²) in [5.41, 5.74) is 1.13. The van der Waals surface area contributed by atoms with Gasteiger partial charge in [-0.3, -0.25) is 4.79 Å². The molecule has 1 fully saturated rings. The van der Waals surface area contributed by atoms with Crippen molar-refractivity contribution in [1.82, 2.24) is 10.2 Å². The van der Waals surface area contributed by atoms with Crippen LogP contribution in [-0.2, 0) is 11.2 Å². The van der Waals surface area contributed by atoms with Crippen molar-refractivity contribution in [2.45, 2.75) is 19.3 Å². The Bertz CT molecular complexity index is 344. The van der Waals surface area contributed by atoms with Crippen LogP contribution in [0.15, 0.2) is 16.8 Å². The maximum atomic E-state index is 12.0. The Hall–Kier alpha value is -0.870. The highest BCUT2D eigenvalue weighted by molar-refractivity contribution is 7.07. The number of rotatable bonds is 4. The predicted octanol–water partition coefficient (Wildman–Crippen LogP) is 1.75. The lowest BCUT2D eigenvalue weighted by Crippen LogP contribution is -2.39. The molecule has 1 aromatic rings. The number of carbonyl (C=O) groups excluding carboxylic acids is 1. The molecule has 0 aliphatic carbocycles. The summed E-state index contributed by atoms with van der Waals surface area (Å²) >= 11 is 1.65. The van der Waals surface area contributed by atoms with Crippen molar-refractivity contribution in [3.05, 3.63) is 22.4 Å². The molecule has 1 aliphatic rings. The van der Waals surface area contributed by atoms with Crippen LogP contribution >= 0.6 is 11.3 Å². The van der Waals surface area contributed by atoms with Crippen molar-refractivity contribution >= 4 is 17.2 Å². The number of thiophene rings is 1. The zero-order valence-corrected chi connectivity index (χ0v) is 11.1. The lowest BCUT2D eigenvalue weighted by Gasteiger charge is -2.27. The number of piperidine rings is 1. The summed E-state index contributed by atoms with van der Waals surface area (Å²) in [5.74, 6) is 0.856. The zero-order valence-electron chi connectivity index (χ0n) is 10.3. The van der Waals surface area contributed by atoms with Gasteiger partial charge in [0.15, 0.2) is 0 Å². The second-order valence-electron chi connectivity index (χ2n) is 4.80. The normalized spacial score (nSPS) is 20.2. The smallest absolute Gasteiger partial charge is 0.226 e. The van der Waals surface area contributed by atoms with Crippen LogP contribution in [0.1, 0.15) is 18.4 Å². The van der Waals surface area contributed by atoms with Gasteiger partial charge in [-0.25, -0.2) is 0 Å². The van der Waals surface area contributed by atoms with E-state index < -0.39 is 0 Å². The van der Waals surface area contributed by atoms with Crippen molar-refractivity contribution in [1.29, 1.82) is 0 Å². The standard InChI is InChI=1S/C13H20N2OS/c1-15(9-12-3-2-5-14-8-12)13(16)7-11-4-6-17-10-11/h4,6,10,12,14H,2-3,5,7-9H2,1H3. The number of hydrogen-bond donors (Lipinski definition) is 1. The van der Waals surface area contributed by atoms with Gasteiger partial charge in [-0.05, 0) is 54.2 Å². The number of carbonyl (C=O) groups is 1. The Labute approximate surface area is 107 Å². The summed E-state index contributed by atoms with van der Waals surface area (Å²) in [7, 11) is 1.92. The van der Waals surface area contributed by atoms with Gasteiger partial charge in [-0.15, -0.1) is 0 Å². The fraction of sp³-hybridized carbons (Fsp3) is 0.615. The molecule has 1 atom stereocenters. The van der Waals surface area contributed by atoms with E-state index in [9.17, 15) is 4.79 Å². The molecule has 0 radical (unpaired) electrons. The largest absolute Gasteiger partial charge is 0.345 e. The first-order valence-electron chi connectivity index (χ1n) is 6.21. The van der Waals surface area contributed by atoms with Crippen molar-refractivity contribution in [3.63, 3.8) is 0 Å². The molecule has 94 valence electrons. The second kappa shape index (κ2) is 6.17. The van der Waals surface area contributed by atoms with Crippen LogP contribution in [0.25, 0.3) is 0 Å². The van der Waals surface area contributed by atoms with Crippen LogP contribution < -0.4 is 5.32 Å². The van der Waals surface area contributed by atoms with E-state index in [2.05, 4.69) is 5.32 Å². The van der Waals surface area contributed by atoms with E-state index in [0.29, 0.717) is 12.3 Å². The molecule has 2 heterocycles. The van der Waals surface area contributed by atoms with Gasteiger partial charge in [0, 0.05) is 13.6 Å². The Morgan fingerprint density at radius 3 is 3.18 bits per heavy atom. The third-order valence-electron chi connectivity index (χ3n) is 3.29. The molecule has 2 rings (SSSR count). The van der Waals surface area contributed by atoms with Crippen molar-refractivity contribution in [2.24, 2.45) is 5.92 Å². The molecule has 0 aromatic carbocycles. The Kier molecular flexibility index (Phi) is 4.57. The molecular weight excluding hydrogens is 232 g/mol. The monoisotopic (exact) mass is 252 g/mol. The number of hydrogen-bond acceptors (Lipinski definition) is 3. The molecule has 4 heteroatoms. The molecule has 3 nitrogen and oxygen atoms in total. The Morgan fingerprint density at radius 1 is 1.65 bits per heavy atom. The molecule has 1 amide bonds. The van der Waals surface area contributed by atoms with E-state index in [4.69, 9.17) is 0 Å². The van der Waals surface area contributed by atoms with Gasteiger partial charge in [-0.2, -0.15) is 11.3 Å². The van der Waals surface area contributed by atoms with Crippen molar-refractivity contribution in [3.8, 4) is 0 Å². The van der Waals surface area contributed by atoms with Gasteiger partial charge in [-0.1, -0.05) is 0 Å². The van der Waals surface area contributed by atoms with Crippen LogP contribution in [0, 0.1) is 5.92 Å². The first kappa shape index (κ1) is 12.6. The first-order chi connectivity index (χ1) is 8.25. The van der Waals surface area contributed by atoms with Crippen LogP contribution in [0.5, 0.6) is 0 Å². The second-order valence-corrected chi connectivity index (χ2v) is 5.58. The highest BCUT2D eigenvalue weighted by Gasteiger charge is 2.18. The summed E-state index contributed by atoms with van der Waals surface area (Å²) in [5, 5.41) is 7.46. The molecule has 1 unspecified atom stereocenters. The van der Waals surface area contributed by atoms with Gasteiger partial charge in [0.2, 0.25) is 5.91 Å². The topological polar surface area (TPSA) is 32.3 Å². The lowest BCUT2D eigenvalue weighted by atomic mass is 9.99. The first-order valence-corrected chi connectivity index (χ1v) is 7.16. The average molecular weight is 252 g/mol. The molecular formula is C13H20N2OS. The number of amides is 1. The van der Waals surface area contributed by atoms with Crippen LogP contribution in [0.4, 0.5) is 0 Å². The number of likely N-dealkylation sites (N-methyl/N-ethyl adjacent to an activating group) is 1. The van der Waals surface area contributed by atoms with Gasteiger partial charge < -0.3 is 10.2 Å². The summed E-state index contributed by atoms with van der Waals surface area (Å²) in [6.07, 6.45) is 3.01. The SMILES string of the molecule is CN(CC1CCCNC1)C(=O)Cc1ccsc1.